The molecule has 8 heteroatoms. The molecule has 1 N–H and O–H groups in total. The van der Waals surface area contributed by atoms with E-state index in [1.165, 1.54) is 19.2 Å². The van der Waals surface area contributed by atoms with Gasteiger partial charge >= 0.3 is 0 Å². The van der Waals surface area contributed by atoms with Gasteiger partial charge in [-0.2, -0.15) is 0 Å². The molecule has 2 aromatic carbocycles. The average Bonchev–Trinajstić information content (AvgIpc) is 2.43. The fraction of sp³-hybridized carbons (Fsp3) is 0.0769. The lowest BCUT2D eigenvalue weighted by molar-refractivity contribution is 0.415. The molecule has 0 amide bonds. The largest absolute Gasteiger partial charge is 0.497 e. The van der Waals surface area contributed by atoms with E-state index in [0.717, 1.165) is 18.2 Å². The lowest BCUT2D eigenvalue weighted by Crippen LogP contribution is -2.13. The molecule has 0 spiro atoms. The summed E-state index contributed by atoms with van der Waals surface area (Å²) in [5, 5.41) is -0.107. The van der Waals surface area contributed by atoms with Crippen molar-refractivity contribution in [2.45, 2.75) is 4.90 Å². The topological polar surface area (TPSA) is 55.4 Å². The van der Waals surface area contributed by atoms with Crippen molar-refractivity contribution >= 4 is 38.9 Å². The van der Waals surface area contributed by atoms with E-state index in [0.29, 0.717) is 5.75 Å². The average molecular weight is 350 g/mol. The Morgan fingerprint density at radius 2 is 1.81 bits per heavy atom. The van der Waals surface area contributed by atoms with E-state index in [2.05, 4.69) is 4.72 Å². The maximum absolute atomic E-state index is 13.1. The normalized spacial score (nSPS) is 11.2. The Kier molecular flexibility index (Phi) is 4.61. The van der Waals surface area contributed by atoms with Crippen LogP contribution in [0.4, 0.5) is 10.1 Å². The zero-order valence-electron chi connectivity index (χ0n) is 10.7. The highest BCUT2D eigenvalue weighted by molar-refractivity contribution is 7.92. The van der Waals surface area contributed by atoms with Crippen molar-refractivity contribution < 1.29 is 17.5 Å². The van der Waals surface area contributed by atoms with Crippen molar-refractivity contribution in [3.63, 3.8) is 0 Å². The lowest BCUT2D eigenvalue weighted by atomic mass is 10.3. The van der Waals surface area contributed by atoms with E-state index in [9.17, 15) is 12.8 Å². The lowest BCUT2D eigenvalue weighted by Gasteiger charge is -2.11. The van der Waals surface area contributed by atoms with Gasteiger partial charge in [0.05, 0.1) is 27.7 Å². The van der Waals surface area contributed by atoms with Crippen molar-refractivity contribution in [3.05, 3.63) is 52.3 Å². The van der Waals surface area contributed by atoms with Crippen LogP contribution in [0.3, 0.4) is 0 Å². The van der Waals surface area contributed by atoms with Crippen LogP contribution in [0.25, 0.3) is 0 Å². The van der Waals surface area contributed by atoms with Crippen molar-refractivity contribution in [3.8, 4) is 5.75 Å². The molecule has 0 aromatic heterocycles. The first-order valence-electron chi connectivity index (χ1n) is 5.65. The van der Waals surface area contributed by atoms with Gasteiger partial charge in [-0.25, -0.2) is 12.8 Å². The summed E-state index contributed by atoms with van der Waals surface area (Å²) in [6.07, 6.45) is 0. The van der Waals surface area contributed by atoms with Gasteiger partial charge in [-0.05, 0) is 30.3 Å². The molecule has 0 saturated carbocycles. The van der Waals surface area contributed by atoms with Crippen LogP contribution >= 0.6 is 23.2 Å². The van der Waals surface area contributed by atoms with Crippen molar-refractivity contribution in [2.75, 3.05) is 11.8 Å². The van der Waals surface area contributed by atoms with Gasteiger partial charge in [0.1, 0.15) is 11.6 Å². The van der Waals surface area contributed by atoms with Gasteiger partial charge in [0.2, 0.25) is 0 Å². The Balaban J connectivity index is 2.35. The molecule has 0 fully saturated rings. The molecule has 0 saturated heterocycles. The summed E-state index contributed by atoms with van der Waals surface area (Å²) in [4.78, 5) is -0.166. The Morgan fingerprint density at radius 3 is 2.38 bits per heavy atom. The highest BCUT2D eigenvalue weighted by Crippen LogP contribution is 2.29. The van der Waals surface area contributed by atoms with Gasteiger partial charge in [-0.15, -0.1) is 0 Å². The molecule has 0 bridgehead atoms. The first-order valence-corrected chi connectivity index (χ1v) is 7.89. The first kappa shape index (κ1) is 15.9. The smallest absolute Gasteiger partial charge is 0.261 e. The third-order valence-electron chi connectivity index (χ3n) is 2.62. The first-order chi connectivity index (χ1) is 9.83. The van der Waals surface area contributed by atoms with Gasteiger partial charge in [0, 0.05) is 6.07 Å². The number of anilines is 1. The highest BCUT2D eigenvalue weighted by atomic mass is 35.5. The molecular formula is C13H10Cl2FNO3S. The standard InChI is InChI=1S/C13H10Cl2FNO3S/c1-20-8-2-5-13(11(15)6-8)17-21(18,19)9-3-4-12(16)10(14)7-9/h2-7,17H,1H3. The van der Waals surface area contributed by atoms with Gasteiger partial charge in [-0.1, -0.05) is 23.2 Å². The molecule has 2 aromatic rings. The minimum Gasteiger partial charge on any atom is -0.497 e. The van der Waals surface area contributed by atoms with Gasteiger partial charge in [0.25, 0.3) is 10.0 Å². The quantitative estimate of drug-likeness (QED) is 0.909. The summed E-state index contributed by atoms with van der Waals surface area (Å²) in [7, 11) is -2.45. The van der Waals surface area contributed by atoms with Gasteiger partial charge < -0.3 is 4.74 Å². The number of methoxy groups -OCH3 is 1. The van der Waals surface area contributed by atoms with Crippen LogP contribution in [0, 0.1) is 5.82 Å². The summed E-state index contributed by atoms with van der Waals surface area (Å²) >= 11 is 11.5. The fourth-order valence-electron chi connectivity index (χ4n) is 1.55. The predicted molar refractivity (Wildman–Crippen MR) is 80.2 cm³/mol. The molecule has 0 aliphatic rings. The van der Waals surface area contributed by atoms with E-state index in [1.54, 1.807) is 6.07 Å². The Bertz CT molecular complexity index is 781. The third-order valence-corrected chi connectivity index (χ3v) is 4.59. The summed E-state index contributed by atoms with van der Waals surface area (Å²) < 4.78 is 44.7. The van der Waals surface area contributed by atoms with Crippen LogP contribution in [0.15, 0.2) is 41.3 Å². The van der Waals surface area contributed by atoms with Crippen LogP contribution < -0.4 is 9.46 Å². The van der Waals surface area contributed by atoms with Crippen molar-refractivity contribution in [1.82, 2.24) is 0 Å². The van der Waals surface area contributed by atoms with E-state index >= 15 is 0 Å². The van der Waals surface area contributed by atoms with Crippen LogP contribution in [0.1, 0.15) is 0 Å². The number of hydrogen-bond donors (Lipinski definition) is 1. The Morgan fingerprint density at radius 1 is 1.10 bits per heavy atom. The summed E-state index contributed by atoms with van der Waals surface area (Å²) in [6, 6.07) is 7.60. The number of halogens is 3. The minimum atomic E-state index is -3.92. The maximum Gasteiger partial charge on any atom is 0.261 e. The van der Waals surface area contributed by atoms with Crippen LogP contribution in [0.2, 0.25) is 10.0 Å². The number of nitrogens with one attached hydrogen (secondary N) is 1. The monoisotopic (exact) mass is 349 g/mol. The maximum atomic E-state index is 13.1. The van der Waals surface area contributed by atoms with E-state index in [4.69, 9.17) is 27.9 Å². The van der Waals surface area contributed by atoms with Crippen LogP contribution in [-0.4, -0.2) is 15.5 Å². The SMILES string of the molecule is COc1ccc(NS(=O)(=O)c2ccc(F)c(Cl)c2)c(Cl)c1. The number of benzene rings is 2. The van der Waals surface area contributed by atoms with Crippen molar-refractivity contribution in [2.24, 2.45) is 0 Å². The van der Waals surface area contributed by atoms with Gasteiger partial charge in [-0.3, -0.25) is 4.72 Å². The number of hydrogen-bond acceptors (Lipinski definition) is 3. The molecule has 0 heterocycles. The molecule has 112 valence electrons. The summed E-state index contributed by atoms with van der Waals surface area (Å²) in [5.74, 6) is -0.203. The second kappa shape index (κ2) is 6.09. The Hall–Kier alpha value is -1.50. The van der Waals surface area contributed by atoms with Crippen LogP contribution in [0.5, 0.6) is 5.75 Å². The number of rotatable bonds is 4. The second-order valence-electron chi connectivity index (χ2n) is 4.03. The van der Waals surface area contributed by atoms with Crippen molar-refractivity contribution in [1.29, 1.82) is 0 Å². The zero-order chi connectivity index (χ0) is 15.6. The van der Waals surface area contributed by atoms with E-state index < -0.39 is 15.8 Å². The number of sulfonamides is 1. The molecule has 0 aliphatic carbocycles. The molecule has 4 nitrogen and oxygen atoms in total. The third kappa shape index (κ3) is 3.58. The number of ether oxygens (including phenoxy) is 1. The predicted octanol–water partition coefficient (Wildman–Crippen LogP) is 3.94. The molecule has 0 atom stereocenters. The highest BCUT2D eigenvalue weighted by Gasteiger charge is 2.17. The van der Waals surface area contributed by atoms with Gasteiger partial charge in [0.15, 0.2) is 0 Å². The molecule has 0 unspecified atom stereocenters. The summed E-state index contributed by atoms with van der Waals surface area (Å²) in [5.41, 5.74) is 0.179. The second-order valence-corrected chi connectivity index (χ2v) is 6.52. The molecular weight excluding hydrogens is 340 g/mol. The molecule has 2 rings (SSSR count). The fourth-order valence-corrected chi connectivity index (χ4v) is 3.18. The summed E-state index contributed by atoms with van der Waals surface area (Å²) in [6.45, 7) is 0. The Labute approximate surface area is 131 Å². The van der Waals surface area contributed by atoms with E-state index in [-0.39, 0.29) is 20.6 Å². The zero-order valence-corrected chi connectivity index (χ0v) is 13.1. The molecule has 0 aliphatic heterocycles. The minimum absolute atomic E-state index is 0.166. The molecule has 21 heavy (non-hydrogen) atoms. The molecule has 0 radical (unpaired) electrons. The van der Waals surface area contributed by atoms with Crippen LogP contribution in [-0.2, 0) is 10.0 Å². The van der Waals surface area contributed by atoms with E-state index in [1.807, 2.05) is 0 Å².